The van der Waals surface area contributed by atoms with Gasteiger partial charge in [-0.25, -0.2) is 0 Å². The Kier molecular flexibility index (Phi) is 5.26. The van der Waals surface area contributed by atoms with Gasteiger partial charge < -0.3 is 14.1 Å². The van der Waals surface area contributed by atoms with E-state index in [4.69, 9.17) is 9.15 Å². The second-order valence-electron chi connectivity index (χ2n) is 6.88. The Morgan fingerprint density at radius 1 is 1.12 bits per heavy atom. The Morgan fingerprint density at radius 2 is 1.92 bits per heavy atom. The first-order chi connectivity index (χ1) is 12.8. The number of amides is 1. The highest BCUT2D eigenvalue weighted by Gasteiger charge is 2.30. The van der Waals surface area contributed by atoms with Crippen molar-refractivity contribution in [1.82, 2.24) is 20.0 Å². The summed E-state index contributed by atoms with van der Waals surface area (Å²) >= 11 is 0. The Labute approximate surface area is 152 Å². The molecular formula is C19H24N4O3. The molecule has 0 N–H and O–H groups in total. The van der Waals surface area contributed by atoms with Gasteiger partial charge in [-0.2, -0.15) is 0 Å². The number of carbonyl (C=O) groups excluding carboxylic acids is 1. The zero-order valence-electron chi connectivity index (χ0n) is 14.8. The predicted octanol–water partition coefficient (Wildman–Crippen LogP) is 1.81. The minimum Gasteiger partial charge on any atom is -0.419 e. The van der Waals surface area contributed by atoms with E-state index < -0.39 is 0 Å². The average molecular weight is 356 g/mol. The molecular weight excluding hydrogens is 332 g/mol. The summed E-state index contributed by atoms with van der Waals surface area (Å²) < 4.78 is 11.2. The van der Waals surface area contributed by atoms with E-state index >= 15 is 0 Å². The van der Waals surface area contributed by atoms with Gasteiger partial charge >= 0.3 is 0 Å². The molecule has 0 bridgehead atoms. The van der Waals surface area contributed by atoms with Crippen LogP contribution in [0, 0.1) is 5.92 Å². The lowest BCUT2D eigenvalue weighted by molar-refractivity contribution is -0.141. The summed E-state index contributed by atoms with van der Waals surface area (Å²) in [7, 11) is 0. The first-order valence-corrected chi connectivity index (χ1v) is 9.26. The molecule has 1 amide bonds. The molecule has 4 rings (SSSR count). The zero-order chi connectivity index (χ0) is 17.8. The Hall–Kier alpha value is -2.25. The van der Waals surface area contributed by atoms with Crippen LogP contribution in [0.2, 0.25) is 0 Å². The standard InChI is InChI=1S/C19H24N4O3/c24-19(23-9-11-25-12-10-23)16-7-4-8-22(13-16)14-17-20-21-18(26-17)15-5-2-1-3-6-15/h1-3,5-6,16H,4,7-14H2. The third-order valence-electron chi connectivity index (χ3n) is 5.02. The van der Waals surface area contributed by atoms with Crippen LogP contribution in [0.3, 0.4) is 0 Å². The van der Waals surface area contributed by atoms with Gasteiger partial charge in [0, 0.05) is 25.2 Å². The quantitative estimate of drug-likeness (QED) is 0.832. The minimum atomic E-state index is 0.0540. The number of likely N-dealkylation sites (tertiary alicyclic amines) is 1. The lowest BCUT2D eigenvalue weighted by Crippen LogP contribution is -2.48. The molecule has 3 heterocycles. The largest absolute Gasteiger partial charge is 0.419 e. The van der Waals surface area contributed by atoms with Gasteiger partial charge in [-0.1, -0.05) is 18.2 Å². The second-order valence-corrected chi connectivity index (χ2v) is 6.88. The molecule has 7 nitrogen and oxygen atoms in total. The van der Waals surface area contributed by atoms with Crippen molar-refractivity contribution < 1.29 is 13.9 Å². The highest BCUT2D eigenvalue weighted by atomic mass is 16.5. The zero-order valence-corrected chi connectivity index (χ0v) is 14.8. The van der Waals surface area contributed by atoms with Crippen LogP contribution in [0.4, 0.5) is 0 Å². The number of nitrogens with zero attached hydrogens (tertiary/aromatic N) is 4. The fourth-order valence-corrected chi connectivity index (χ4v) is 3.65. The van der Waals surface area contributed by atoms with Crippen LogP contribution in [0.25, 0.3) is 11.5 Å². The van der Waals surface area contributed by atoms with Gasteiger partial charge in [0.25, 0.3) is 0 Å². The van der Waals surface area contributed by atoms with Crippen molar-refractivity contribution in [3.05, 3.63) is 36.2 Å². The Bertz CT molecular complexity index is 727. The highest BCUT2D eigenvalue weighted by molar-refractivity contribution is 5.79. The molecule has 2 aromatic rings. The Morgan fingerprint density at radius 3 is 2.73 bits per heavy atom. The number of aromatic nitrogens is 2. The molecule has 138 valence electrons. The third kappa shape index (κ3) is 3.94. The lowest BCUT2D eigenvalue weighted by Gasteiger charge is -2.35. The SMILES string of the molecule is O=C(C1CCCN(Cc2nnc(-c3ccccc3)o2)C1)N1CCOCC1. The van der Waals surface area contributed by atoms with Crippen LogP contribution in [0.5, 0.6) is 0 Å². The molecule has 7 heteroatoms. The first-order valence-electron chi connectivity index (χ1n) is 9.26. The van der Waals surface area contributed by atoms with Gasteiger partial charge in [0.2, 0.25) is 17.7 Å². The van der Waals surface area contributed by atoms with Gasteiger partial charge in [0.1, 0.15) is 0 Å². The maximum Gasteiger partial charge on any atom is 0.247 e. The van der Waals surface area contributed by atoms with E-state index in [-0.39, 0.29) is 11.8 Å². The summed E-state index contributed by atoms with van der Waals surface area (Å²) in [4.78, 5) is 16.9. The van der Waals surface area contributed by atoms with Gasteiger partial charge in [0.15, 0.2) is 0 Å². The van der Waals surface area contributed by atoms with Crippen molar-refractivity contribution in [1.29, 1.82) is 0 Å². The van der Waals surface area contributed by atoms with Crippen molar-refractivity contribution >= 4 is 5.91 Å². The van der Waals surface area contributed by atoms with E-state index in [0.717, 1.165) is 31.5 Å². The van der Waals surface area contributed by atoms with Gasteiger partial charge in [-0.3, -0.25) is 9.69 Å². The molecule has 1 atom stereocenters. The van der Waals surface area contributed by atoms with Gasteiger partial charge in [-0.15, -0.1) is 10.2 Å². The number of morpholine rings is 1. The topological polar surface area (TPSA) is 71.7 Å². The first kappa shape index (κ1) is 17.2. The van der Waals surface area contributed by atoms with Crippen LogP contribution < -0.4 is 0 Å². The molecule has 0 spiro atoms. The van der Waals surface area contributed by atoms with Crippen LogP contribution in [-0.4, -0.2) is 65.3 Å². The summed E-state index contributed by atoms with van der Waals surface area (Å²) in [6, 6.07) is 9.77. The number of hydrogen-bond donors (Lipinski definition) is 0. The van der Waals surface area contributed by atoms with Crippen molar-refractivity contribution in [3.8, 4) is 11.5 Å². The predicted molar refractivity (Wildman–Crippen MR) is 95.1 cm³/mol. The second kappa shape index (κ2) is 7.97. The number of piperidine rings is 1. The van der Waals surface area contributed by atoms with Crippen molar-refractivity contribution in [2.75, 3.05) is 39.4 Å². The molecule has 2 aliphatic rings. The van der Waals surface area contributed by atoms with Crippen LogP contribution in [-0.2, 0) is 16.1 Å². The minimum absolute atomic E-state index is 0.0540. The molecule has 26 heavy (non-hydrogen) atoms. The average Bonchev–Trinajstić information content (AvgIpc) is 3.17. The maximum absolute atomic E-state index is 12.7. The van der Waals surface area contributed by atoms with Crippen molar-refractivity contribution in [2.24, 2.45) is 5.92 Å². The van der Waals surface area contributed by atoms with Crippen molar-refractivity contribution in [3.63, 3.8) is 0 Å². The molecule has 0 saturated carbocycles. The van der Waals surface area contributed by atoms with E-state index in [1.165, 1.54) is 0 Å². The number of rotatable bonds is 4. The van der Waals surface area contributed by atoms with E-state index in [1.807, 2.05) is 35.2 Å². The molecule has 1 aromatic heterocycles. The lowest BCUT2D eigenvalue weighted by atomic mass is 9.96. The molecule has 2 saturated heterocycles. The van der Waals surface area contributed by atoms with E-state index in [2.05, 4.69) is 15.1 Å². The number of hydrogen-bond acceptors (Lipinski definition) is 6. The maximum atomic E-state index is 12.7. The normalized spacial score (nSPS) is 21.7. The molecule has 1 aromatic carbocycles. The monoisotopic (exact) mass is 356 g/mol. The smallest absolute Gasteiger partial charge is 0.247 e. The van der Waals surface area contributed by atoms with Crippen LogP contribution in [0.15, 0.2) is 34.7 Å². The number of carbonyl (C=O) groups is 1. The summed E-state index contributed by atoms with van der Waals surface area (Å²) in [6.07, 6.45) is 1.96. The Balaban J connectivity index is 1.36. The van der Waals surface area contributed by atoms with Crippen LogP contribution >= 0.6 is 0 Å². The summed E-state index contributed by atoms with van der Waals surface area (Å²) in [6.45, 7) is 5.00. The summed E-state index contributed by atoms with van der Waals surface area (Å²) in [5.41, 5.74) is 0.922. The third-order valence-corrected chi connectivity index (χ3v) is 5.02. The molecule has 2 aliphatic heterocycles. The summed E-state index contributed by atoms with van der Waals surface area (Å²) in [5, 5.41) is 8.32. The fourth-order valence-electron chi connectivity index (χ4n) is 3.65. The van der Waals surface area contributed by atoms with E-state index in [0.29, 0.717) is 44.6 Å². The van der Waals surface area contributed by atoms with Crippen LogP contribution in [0.1, 0.15) is 18.7 Å². The molecule has 0 radical (unpaired) electrons. The van der Waals surface area contributed by atoms with E-state index in [9.17, 15) is 4.79 Å². The van der Waals surface area contributed by atoms with Gasteiger partial charge in [-0.05, 0) is 31.5 Å². The molecule has 2 fully saturated rings. The van der Waals surface area contributed by atoms with Crippen molar-refractivity contribution in [2.45, 2.75) is 19.4 Å². The fraction of sp³-hybridized carbons (Fsp3) is 0.526. The summed E-state index contributed by atoms with van der Waals surface area (Å²) in [5.74, 6) is 1.45. The van der Waals surface area contributed by atoms with E-state index in [1.54, 1.807) is 0 Å². The van der Waals surface area contributed by atoms with Gasteiger partial charge in [0.05, 0.1) is 25.7 Å². The number of benzene rings is 1. The molecule has 0 aliphatic carbocycles. The highest BCUT2D eigenvalue weighted by Crippen LogP contribution is 2.22. The molecule has 1 unspecified atom stereocenters. The number of ether oxygens (including phenoxy) is 1.